The lowest BCUT2D eigenvalue weighted by molar-refractivity contribution is 0.331. The fourth-order valence-corrected chi connectivity index (χ4v) is 4.00. The van der Waals surface area contributed by atoms with Crippen molar-refractivity contribution in [3.05, 3.63) is 29.9 Å². The molecule has 0 bridgehead atoms. The maximum Gasteiger partial charge on any atom is 0.329 e. The lowest BCUT2D eigenvalue weighted by Gasteiger charge is -2.19. The SMILES string of the molecule is COc1ccc(S(=O)(=O)Nc2nnc(CC3CCCCC3)o2)c(F)c1. The van der Waals surface area contributed by atoms with Crippen LogP contribution in [0.2, 0.25) is 0 Å². The third kappa shape index (κ3) is 4.28. The van der Waals surface area contributed by atoms with Gasteiger partial charge in [0.2, 0.25) is 5.89 Å². The Labute approximate surface area is 145 Å². The monoisotopic (exact) mass is 369 g/mol. The zero-order valence-electron chi connectivity index (χ0n) is 13.9. The van der Waals surface area contributed by atoms with Gasteiger partial charge in [-0.2, -0.15) is 0 Å². The highest BCUT2D eigenvalue weighted by molar-refractivity contribution is 7.92. The molecular formula is C16H20FN3O4S. The van der Waals surface area contributed by atoms with E-state index in [4.69, 9.17) is 9.15 Å². The minimum Gasteiger partial charge on any atom is -0.497 e. The Morgan fingerprint density at radius 2 is 2.04 bits per heavy atom. The number of aromatic nitrogens is 2. The molecule has 0 saturated heterocycles. The highest BCUT2D eigenvalue weighted by Gasteiger charge is 2.23. The van der Waals surface area contributed by atoms with Crippen molar-refractivity contribution in [2.75, 3.05) is 11.8 Å². The van der Waals surface area contributed by atoms with Crippen LogP contribution in [-0.2, 0) is 16.4 Å². The molecule has 9 heteroatoms. The topological polar surface area (TPSA) is 94.3 Å². The first kappa shape index (κ1) is 17.7. The standard InChI is InChI=1S/C16H20FN3O4S/c1-23-12-7-8-14(13(17)10-12)25(21,22)20-16-19-18-15(24-16)9-11-5-3-2-4-6-11/h7-8,10-11H,2-6,9H2,1H3,(H,19,20). The average molecular weight is 369 g/mol. The Bertz CT molecular complexity index is 832. The second-order valence-electron chi connectivity index (χ2n) is 6.11. The van der Waals surface area contributed by atoms with Crippen molar-refractivity contribution in [2.45, 2.75) is 43.4 Å². The van der Waals surface area contributed by atoms with E-state index in [1.807, 2.05) is 0 Å². The molecule has 7 nitrogen and oxygen atoms in total. The Kier molecular flexibility index (Phi) is 5.22. The van der Waals surface area contributed by atoms with Gasteiger partial charge >= 0.3 is 6.01 Å². The first-order valence-corrected chi connectivity index (χ1v) is 9.65. The second kappa shape index (κ2) is 7.38. The van der Waals surface area contributed by atoms with Gasteiger partial charge in [0.15, 0.2) is 0 Å². The number of nitrogens with one attached hydrogen (secondary N) is 1. The van der Waals surface area contributed by atoms with Gasteiger partial charge in [-0.05, 0) is 30.9 Å². The van der Waals surface area contributed by atoms with Crippen LogP contribution in [0.25, 0.3) is 0 Å². The first-order valence-electron chi connectivity index (χ1n) is 8.16. The second-order valence-corrected chi connectivity index (χ2v) is 7.76. The molecule has 3 rings (SSSR count). The third-order valence-electron chi connectivity index (χ3n) is 4.31. The number of ether oxygens (including phenoxy) is 1. The van der Waals surface area contributed by atoms with Gasteiger partial charge in [0, 0.05) is 12.5 Å². The van der Waals surface area contributed by atoms with E-state index in [1.165, 1.54) is 32.4 Å². The van der Waals surface area contributed by atoms with Gasteiger partial charge in [-0.15, -0.1) is 5.10 Å². The quantitative estimate of drug-likeness (QED) is 0.841. The van der Waals surface area contributed by atoms with Gasteiger partial charge in [0.1, 0.15) is 16.5 Å². The Morgan fingerprint density at radius 1 is 1.28 bits per heavy atom. The number of benzene rings is 1. The Hall–Kier alpha value is -2.16. The van der Waals surface area contributed by atoms with Crippen LogP contribution in [0.3, 0.4) is 0 Å². The summed E-state index contributed by atoms with van der Waals surface area (Å²) in [5.74, 6) is 0.176. The summed E-state index contributed by atoms with van der Waals surface area (Å²) < 4.78 is 50.9. The van der Waals surface area contributed by atoms with E-state index in [9.17, 15) is 12.8 Å². The normalized spacial score (nSPS) is 15.9. The molecule has 1 aromatic heterocycles. The van der Waals surface area contributed by atoms with Crippen LogP contribution < -0.4 is 9.46 Å². The molecule has 0 amide bonds. The molecule has 1 saturated carbocycles. The number of hydrogen-bond acceptors (Lipinski definition) is 6. The molecule has 1 N–H and O–H groups in total. The van der Waals surface area contributed by atoms with Crippen LogP contribution in [0.1, 0.15) is 38.0 Å². The van der Waals surface area contributed by atoms with E-state index in [-0.39, 0.29) is 11.8 Å². The predicted molar refractivity (Wildman–Crippen MR) is 88.3 cm³/mol. The van der Waals surface area contributed by atoms with Crippen molar-refractivity contribution in [3.8, 4) is 5.75 Å². The van der Waals surface area contributed by atoms with Crippen LogP contribution in [0.15, 0.2) is 27.5 Å². The number of hydrogen-bond donors (Lipinski definition) is 1. The molecule has 0 aliphatic heterocycles. The molecule has 1 aliphatic rings. The lowest BCUT2D eigenvalue weighted by Crippen LogP contribution is -2.15. The summed E-state index contributed by atoms with van der Waals surface area (Å²) >= 11 is 0. The summed E-state index contributed by atoms with van der Waals surface area (Å²) in [4.78, 5) is -0.514. The maximum atomic E-state index is 14.0. The van der Waals surface area contributed by atoms with Crippen molar-refractivity contribution >= 4 is 16.0 Å². The Balaban J connectivity index is 1.71. The number of methoxy groups -OCH3 is 1. The third-order valence-corrected chi connectivity index (χ3v) is 5.66. The highest BCUT2D eigenvalue weighted by atomic mass is 32.2. The summed E-state index contributed by atoms with van der Waals surface area (Å²) in [5.41, 5.74) is 0. The fourth-order valence-electron chi connectivity index (χ4n) is 3.01. The summed E-state index contributed by atoms with van der Waals surface area (Å²) in [6, 6.07) is 3.22. The summed E-state index contributed by atoms with van der Waals surface area (Å²) in [6.07, 6.45) is 6.48. The van der Waals surface area contributed by atoms with Gasteiger partial charge < -0.3 is 9.15 Å². The first-order chi connectivity index (χ1) is 12.0. The molecule has 1 aromatic carbocycles. The number of sulfonamides is 1. The van der Waals surface area contributed by atoms with Crippen LogP contribution in [-0.4, -0.2) is 25.7 Å². The maximum absolute atomic E-state index is 14.0. The fraction of sp³-hybridized carbons (Fsp3) is 0.500. The molecular weight excluding hydrogens is 349 g/mol. The summed E-state index contributed by atoms with van der Waals surface area (Å²) in [7, 11) is -2.80. The van der Waals surface area contributed by atoms with E-state index in [0.717, 1.165) is 25.0 Å². The molecule has 25 heavy (non-hydrogen) atoms. The van der Waals surface area contributed by atoms with Gasteiger partial charge in [-0.3, -0.25) is 0 Å². The van der Waals surface area contributed by atoms with Crippen LogP contribution in [0.5, 0.6) is 5.75 Å². The van der Waals surface area contributed by atoms with Gasteiger partial charge in [-0.1, -0.05) is 24.4 Å². The van der Waals surface area contributed by atoms with E-state index in [0.29, 0.717) is 18.2 Å². The average Bonchev–Trinajstić information content (AvgIpc) is 3.01. The molecule has 136 valence electrons. The largest absolute Gasteiger partial charge is 0.497 e. The molecule has 0 unspecified atom stereocenters. The minimum absolute atomic E-state index is 0.226. The predicted octanol–water partition coefficient (Wildman–Crippen LogP) is 3.14. The number of nitrogens with zero attached hydrogens (tertiary/aromatic N) is 2. The van der Waals surface area contributed by atoms with E-state index in [1.54, 1.807) is 0 Å². The smallest absolute Gasteiger partial charge is 0.329 e. The van der Waals surface area contributed by atoms with Crippen molar-refractivity contribution in [3.63, 3.8) is 0 Å². The van der Waals surface area contributed by atoms with Crippen molar-refractivity contribution < 1.29 is 22.0 Å². The summed E-state index contributed by atoms with van der Waals surface area (Å²) in [5, 5.41) is 7.58. The van der Waals surface area contributed by atoms with Crippen molar-refractivity contribution in [1.82, 2.24) is 10.2 Å². The van der Waals surface area contributed by atoms with E-state index in [2.05, 4.69) is 14.9 Å². The molecule has 0 spiro atoms. The minimum atomic E-state index is -4.17. The van der Waals surface area contributed by atoms with Crippen LogP contribution in [0, 0.1) is 11.7 Å². The number of rotatable bonds is 6. The highest BCUT2D eigenvalue weighted by Crippen LogP contribution is 2.27. The van der Waals surface area contributed by atoms with E-state index < -0.39 is 20.7 Å². The Morgan fingerprint density at radius 3 is 2.72 bits per heavy atom. The lowest BCUT2D eigenvalue weighted by atomic mass is 9.87. The molecule has 1 fully saturated rings. The van der Waals surface area contributed by atoms with Gasteiger partial charge in [0.25, 0.3) is 10.0 Å². The molecule has 0 radical (unpaired) electrons. The van der Waals surface area contributed by atoms with Crippen molar-refractivity contribution in [2.24, 2.45) is 5.92 Å². The molecule has 1 aliphatic carbocycles. The zero-order chi connectivity index (χ0) is 17.9. The number of halogens is 1. The van der Waals surface area contributed by atoms with Crippen LogP contribution >= 0.6 is 0 Å². The van der Waals surface area contributed by atoms with E-state index >= 15 is 0 Å². The van der Waals surface area contributed by atoms with Gasteiger partial charge in [0.05, 0.1) is 7.11 Å². The number of anilines is 1. The molecule has 2 aromatic rings. The molecule has 1 heterocycles. The van der Waals surface area contributed by atoms with Crippen molar-refractivity contribution in [1.29, 1.82) is 0 Å². The van der Waals surface area contributed by atoms with Crippen LogP contribution in [0.4, 0.5) is 10.4 Å². The molecule has 0 atom stereocenters. The summed E-state index contributed by atoms with van der Waals surface area (Å²) in [6.45, 7) is 0. The van der Waals surface area contributed by atoms with Gasteiger partial charge in [-0.25, -0.2) is 17.5 Å². The zero-order valence-corrected chi connectivity index (χ0v) is 14.7.